The van der Waals surface area contributed by atoms with Crippen LogP contribution in [0.2, 0.25) is 0 Å². The number of aromatic nitrogens is 1. The summed E-state index contributed by atoms with van der Waals surface area (Å²) >= 11 is 1.69. The SMILES string of the molecule is [C-]#[N+]c1cc(-c2csc(C(C)(C)C)n2)ccc1N(CC)CC. The maximum atomic E-state index is 7.47. The molecule has 0 aliphatic carbocycles. The first-order valence-corrected chi connectivity index (χ1v) is 8.51. The molecule has 0 N–H and O–H groups in total. The van der Waals surface area contributed by atoms with E-state index in [0.29, 0.717) is 5.69 Å². The molecule has 3 nitrogen and oxygen atoms in total. The molecule has 2 aromatic rings. The van der Waals surface area contributed by atoms with Crippen molar-refractivity contribution in [1.82, 2.24) is 4.98 Å². The number of benzene rings is 1. The average Bonchev–Trinajstić information content (AvgIpc) is 2.98. The smallest absolute Gasteiger partial charge is 0.210 e. The highest BCUT2D eigenvalue weighted by atomic mass is 32.1. The summed E-state index contributed by atoms with van der Waals surface area (Å²) in [6, 6.07) is 6.08. The zero-order valence-corrected chi connectivity index (χ0v) is 14.8. The summed E-state index contributed by atoms with van der Waals surface area (Å²) < 4.78 is 0. The van der Waals surface area contributed by atoms with Gasteiger partial charge >= 0.3 is 0 Å². The molecule has 1 heterocycles. The molecular formula is C18H23N3S. The van der Waals surface area contributed by atoms with Crippen molar-refractivity contribution in [3.05, 3.63) is 40.0 Å². The van der Waals surface area contributed by atoms with Crippen LogP contribution < -0.4 is 4.90 Å². The van der Waals surface area contributed by atoms with Gasteiger partial charge in [0, 0.05) is 29.6 Å². The third kappa shape index (κ3) is 3.31. The van der Waals surface area contributed by atoms with Crippen molar-refractivity contribution >= 4 is 22.7 Å². The summed E-state index contributed by atoms with van der Waals surface area (Å²) in [5, 5.41) is 3.21. The van der Waals surface area contributed by atoms with Crippen LogP contribution >= 0.6 is 11.3 Å². The van der Waals surface area contributed by atoms with Crippen molar-refractivity contribution in [3.8, 4) is 11.3 Å². The van der Waals surface area contributed by atoms with Crippen molar-refractivity contribution in [2.75, 3.05) is 18.0 Å². The molecule has 4 heteroatoms. The van der Waals surface area contributed by atoms with Crippen molar-refractivity contribution in [3.63, 3.8) is 0 Å². The molecule has 0 aliphatic heterocycles. The van der Waals surface area contributed by atoms with E-state index in [1.165, 1.54) is 0 Å². The van der Waals surface area contributed by atoms with E-state index in [9.17, 15) is 0 Å². The van der Waals surface area contributed by atoms with E-state index in [2.05, 4.69) is 55.8 Å². The molecule has 0 fully saturated rings. The lowest BCUT2D eigenvalue weighted by molar-refractivity contribution is 0.586. The first kappa shape index (κ1) is 16.5. The van der Waals surface area contributed by atoms with Gasteiger partial charge in [-0.2, -0.15) is 0 Å². The van der Waals surface area contributed by atoms with Gasteiger partial charge in [0.15, 0.2) is 0 Å². The number of anilines is 1. The summed E-state index contributed by atoms with van der Waals surface area (Å²) in [6.45, 7) is 20.0. The summed E-state index contributed by atoms with van der Waals surface area (Å²) in [4.78, 5) is 10.7. The van der Waals surface area contributed by atoms with E-state index < -0.39 is 0 Å². The molecule has 0 radical (unpaired) electrons. The molecule has 1 aromatic heterocycles. The fourth-order valence-electron chi connectivity index (χ4n) is 2.35. The lowest BCUT2D eigenvalue weighted by Gasteiger charge is -2.22. The van der Waals surface area contributed by atoms with Gasteiger partial charge in [-0.05, 0) is 31.5 Å². The number of rotatable bonds is 4. The second-order valence-corrected chi connectivity index (χ2v) is 7.13. The first-order chi connectivity index (χ1) is 10.4. The van der Waals surface area contributed by atoms with Crippen LogP contribution in [0.5, 0.6) is 0 Å². The predicted octanol–water partition coefficient (Wildman–Crippen LogP) is 5.50. The number of thiazole rings is 1. The minimum absolute atomic E-state index is 0.0622. The Morgan fingerprint density at radius 3 is 2.41 bits per heavy atom. The molecule has 0 saturated carbocycles. The molecule has 22 heavy (non-hydrogen) atoms. The highest BCUT2D eigenvalue weighted by molar-refractivity contribution is 7.10. The normalized spacial score (nSPS) is 11.3. The Hall–Kier alpha value is -1.86. The number of hydrogen-bond acceptors (Lipinski definition) is 3. The Kier molecular flexibility index (Phi) is 4.87. The van der Waals surface area contributed by atoms with Gasteiger partial charge in [0.2, 0.25) is 5.69 Å². The molecule has 2 rings (SSSR count). The molecule has 0 aliphatic rings. The van der Waals surface area contributed by atoms with Crippen LogP contribution in [-0.4, -0.2) is 18.1 Å². The summed E-state index contributed by atoms with van der Waals surface area (Å²) in [6.07, 6.45) is 0. The van der Waals surface area contributed by atoms with E-state index in [1.54, 1.807) is 11.3 Å². The predicted molar refractivity (Wildman–Crippen MR) is 96.1 cm³/mol. The van der Waals surface area contributed by atoms with Crippen LogP contribution in [0.1, 0.15) is 39.6 Å². The first-order valence-electron chi connectivity index (χ1n) is 7.63. The minimum atomic E-state index is 0.0622. The Morgan fingerprint density at radius 2 is 1.91 bits per heavy atom. The van der Waals surface area contributed by atoms with E-state index in [0.717, 1.165) is 35.0 Å². The van der Waals surface area contributed by atoms with Crippen LogP contribution in [0.25, 0.3) is 16.1 Å². The van der Waals surface area contributed by atoms with Crippen molar-refractivity contribution in [2.45, 2.75) is 40.0 Å². The Labute approximate surface area is 137 Å². The van der Waals surface area contributed by atoms with Crippen molar-refractivity contribution < 1.29 is 0 Å². The second-order valence-electron chi connectivity index (χ2n) is 6.28. The Morgan fingerprint density at radius 1 is 1.23 bits per heavy atom. The third-order valence-electron chi connectivity index (χ3n) is 3.64. The van der Waals surface area contributed by atoms with Gasteiger partial charge in [0.1, 0.15) is 0 Å². The monoisotopic (exact) mass is 313 g/mol. The van der Waals surface area contributed by atoms with Gasteiger partial charge in [-0.15, -0.1) is 11.3 Å². The molecule has 1 aromatic carbocycles. The summed E-state index contributed by atoms with van der Waals surface area (Å²) in [7, 11) is 0. The van der Waals surface area contributed by atoms with Crippen LogP contribution in [0.4, 0.5) is 11.4 Å². The quantitative estimate of drug-likeness (QED) is 0.694. The van der Waals surface area contributed by atoms with Crippen LogP contribution in [0.15, 0.2) is 23.6 Å². The molecule has 0 amide bonds. The molecule has 116 valence electrons. The van der Waals surface area contributed by atoms with Gasteiger partial charge in [0.25, 0.3) is 0 Å². The van der Waals surface area contributed by atoms with Gasteiger partial charge < -0.3 is 4.90 Å². The van der Waals surface area contributed by atoms with Crippen molar-refractivity contribution in [1.29, 1.82) is 0 Å². The highest BCUT2D eigenvalue weighted by Gasteiger charge is 2.19. The zero-order valence-electron chi connectivity index (χ0n) is 14.0. The fraction of sp³-hybridized carbons (Fsp3) is 0.444. The molecular weight excluding hydrogens is 290 g/mol. The van der Waals surface area contributed by atoms with Crippen LogP contribution in [0.3, 0.4) is 0 Å². The topological polar surface area (TPSA) is 20.5 Å². The Balaban J connectivity index is 2.42. The summed E-state index contributed by atoms with van der Waals surface area (Å²) in [5.74, 6) is 0. The zero-order chi connectivity index (χ0) is 16.3. The molecule has 0 saturated heterocycles. The largest absolute Gasteiger partial charge is 0.381 e. The lowest BCUT2D eigenvalue weighted by atomic mass is 9.98. The maximum Gasteiger partial charge on any atom is 0.210 e. The molecule has 0 unspecified atom stereocenters. The third-order valence-corrected chi connectivity index (χ3v) is 4.91. The lowest BCUT2D eigenvalue weighted by Crippen LogP contribution is -2.21. The van der Waals surface area contributed by atoms with E-state index in [4.69, 9.17) is 11.6 Å². The molecule has 0 spiro atoms. The van der Waals surface area contributed by atoms with E-state index in [1.807, 2.05) is 12.1 Å². The molecule has 0 atom stereocenters. The fourth-order valence-corrected chi connectivity index (χ4v) is 3.27. The van der Waals surface area contributed by atoms with Crippen molar-refractivity contribution in [2.24, 2.45) is 0 Å². The van der Waals surface area contributed by atoms with E-state index >= 15 is 0 Å². The minimum Gasteiger partial charge on any atom is -0.381 e. The maximum absolute atomic E-state index is 7.47. The van der Waals surface area contributed by atoms with Gasteiger partial charge in [0.05, 0.1) is 17.3 Å². The number of nitrogens with zero attached hydrogens (tertiary/aromatic N) is 3. The van der Waals surface area contributed by atoms with Gasteiger partial charge in [-0.1, -0.05) is 26.8 Å². The van der Waals surface area contributed by atoms with Crippen LogP contribution in [0, 0.1) is 6.57 Å². The molecule has 0 bridgehead atoms. The number of hydrogen-bond donors (Lipinski definition) is 0. The average molecular weight is 313 g/mol. The Bertz CT molecular complexity index is 685. The standard InChI is InChI=1S/C18H23N3S/c1-7-21(8-2)16-10-9-13(11-14(16)19-6)15-12-22-17(20-15)18(3,4)5/h9-12H,7-8H2,1-5H3. The van der Waals surface area contributed by atoms with Gasteiger partial charge in [-0.3, -0.25) is 0 Å². The second kappa shape index (κ2) is 6.50. The summed E-state index contributed by atoms with van der Waals surface area (Å²) in [5.41, 5.74) is 3.76. The highest BCUT2D eigenvalue weighted by Crippen LogP contribution is 2.35. The van der Waals surface area contributed by atoms with Gasteiger partial charge in [-0.25, -0.2) is 9.83 Å². The van der Waals surface area contributed by atoms with E-state index in [-0.39, 0.29) is 5.41 Å². The van der Waals surface area contributed by atoms with Crippen LogP contribution in [-0.2, 0) is 5.41 Å².